The van der Waals surface area contributed by atoms with E-state index in [9.17, 15) is 4.79 Å². The van der Waals surface area contributed by atoms with E-state index in [2.05, 4.69) is 31.5 Å². The molecule has 3 rings (SSSR count). The number of anilines is 1. The molecule has 0 aliphatic carbocycles. The van der Waals surface area contributed by atoms with Crippen LogP contribution in [0.5, 0.6) is 0 Å². The maximum atomic E-state index is 12.2. The number of carbonyl (C=O) groups is 1. The summed E-state index contributed by atoms with van der Waals surface area (Å²) in [7, 11) is 1.85. The minimum absolute atomic E-state index is 0.112. The molecular formula is C16H22N6OS. The molecule has 0 radical (unpaired) electrons. The van der Waals surface area contributed by atoms with Crippen LogP contribution in [-0.4, -0.2) is 63.7 Å². The maximum Gasteiger partial charge on any atom is 0.323 e. The molecule has 0 unspecified atom stereocenters. The molecule has 7 nitrogen and oxygen atoms in total. The van der Waals surface area contributed by atoms with E-state index in [1.54, 1.807) is 10.4 Å². The summed E-state index contributed by atoms with van der Waals surface area (Å²) in [5.74, 6) is 0. The molecular weight excluding hydrogens is 324 g/mol. The van der Waals surface area contributed by atoms with Gasteiger partial charge in [0, 0.05) is 51.0 Å². The summed E-state index contributed by atoms with van der Waals surface area (Å²) in [4.78, 5) is 20.8. The van der Waals surface area contributed by atoms with Crippen LogP contribution in [0.25, 0.3) is 0 Å². The van der Waals surface area contributed by atoms with Crippen molar-refractivity contribution in [3.05, 3.63) is 35.6 Å². The molecule has 0 bridgehead atoms. The van der Waals surface area contributed by atoms with Crippen LogP contribution in [-0.2, 0) is 6.42 Å². The van der Waals surface area contributed by atoms with Gasteiger partial charge in [-0.15, -0.1) is 10.2 Å². The number of aromatic nitrogens is 3. The minimum Gasteiger partial charge on any atom is -0.324 e. The van der Waals surface area contributed by atoms with E-state index >= 15 is 0 Å². The third kappa shape index (κ3) is 4.48. The smallest absolute Gasteiger partial charge is 0.323 e. The van der Waals surface area contributed by atoms with Gasteiger partial charge in [-0.1, -0.05) is 17.4 Å². The zero-order chi connectivity index (χ0) is 16.8. The quantitative estimate of drug-likeness (QED) is 0.897. The van der Waals surface area contributed by atoms with E-state index in [0.29, 0.717) is 5.13 Å². The standard InChI is InChI=1S/C16H22N6OS/c1-21(16(23)19-15-20-18-12-24-15)14-6-10-22(11-7-14)9-5-13-4-2-3-8-17-13/h2-4,8,12,14H,5-7,9-11H2,1H3,(H,19,20,23). The van der Waals surface area contributed by atoms with Crippen LogP contribution in [0, 0.1) is 0 Å². The van der Waals surface area contributed by atoms with Crippen LogP contribution in [0.4, 0.5) is 9.93 Å². The molecule has 1 aliphatic heterocycles. The first-order valence-corrected chi connectivity index (χ1v) is 9.02. The summed E-state index contributed by atoms with van der Waals surface area (Å²) < 4.78 is 0. The number of hydrogen-bond acceptors (Lipinski definition) is 6. The fourth-order valence-electron chi connectivity index (χ4n) is 2.92. The Labute approximate surface area is 145 Å². The summed E-state index contributed by atoms with van der Waals surface area (Å²) in [5.41, 5.74) is 2.74. The molecule has 8 heteroatoms. The zero-order valence-corrected chi connectivity index (χ0v) is 14.6. The number of nitrogens with zero attached hydrogens (tertiary/aromatic N) is 5. The van der Waals surface area contributed by atoms with Gasteiger partial charge in [-0.25, -0.2) is 4.79 Å². The molecule has 3 heterocycles. The van der Waals surface area contributed by atoms with Crippen LogP contribution >= 0.6 is 11.3 Å². The molecule has 1 aliphatic rings. The van der Waals surface area contributed by atoms with E-state index in [1.807, 2.05) is 25.4 Å². The van der Waals surface area contributed by atoms with Gasteiger partial charge in [0.2, 0.25) is 5.13 Å². The highest BCUT2D eigenvalue weighted by Gasteiger charge is 2.25. The highest BCUT2D eigenvalue weighted by atomic mass is 32.1. The van der Waals surface area contributed by atoms with Crippen molar-refractivity contribution in [1.29, 1.82) is 0 Å². The van der Waals surface area contributed by atoms with E-state index in [4.69, 9.17) is 0 Å². The third-order valence-electron chi connectivity index (χ3n) is 4.41. The van der Waals surface area contributed by atoms with Crippen LogP contribution in [0.2, 0.25) is 0 Å². The Hall–Kier alpha value is -2.06. The lowest BCUT2D eigenvalue weighted by Gasteiger charge is -2.36. The highest BCUT2D eigenvalue weighted by Crippen LogP contribution is 2.17. The van der Waals surface area contributed by atoms with E-state index < -0.39 is 0 Å². The minimum atomic E-state index is -0.112. The fourth-order valence-corrected chi connectivity index (χ4v) is 3.36. The van der Waals surface area contributed by atoms with Crippen molar-refractivity contribution in [3.63, 3.8) is 0 Å². The van der Waals surface area contributed by atoms with Gasteiger partial charge < -0.3 is 9.80 Å². The Kier molecular flexibility index (Phi) is 5.71. The zero-order valence-electron chi connectivity index (χ0n) is 13.8. The lowest BCUT2D eigenvalue weighted by atomic mass is 10.0. The average molecular weight is 346 g/mol. The van der Waals surface area contributed by atoms with Crippen molar-refractivity contribution in [1.82, 2.24) is 25.0 Å². The predicted molar refractivity (Wildman–Crippen MR) is 94.1 cm³/mol. The SMILES string of the molecule is CN(C(=O)Nc1nncs1)C1CCN(CCc2ccccn2)CC1. The monoisotopic (exact) mass is 346 g/mol. The Morgan fingerprint density at radius 3 is 2.92 bits per heavy atom. The van der Waals surface area contributed by atoms with Crippen molar-refractivity contribution >= 4 is 22.5 Å². The lowest BCUT2D eigenvalue weighted by molar-refractivity contribution is 0.142. The van der Waals surface area contributed by atoms with E-state index in [1.165, 1.54) is 11.3 Å². The molecule has 24 heavy (non-hydrogen) atoms. The van der Waals surface area contributed by atoms with Crippen LogP contribution in [0.15, 0.2) is 29.9 Å². The summed E-state index contributed by atoms with van der Waals surface area (Å²) in [6.07, 6.45) is 4.79. The molecule has 0 atom stereocenters. The second-order valence-electron chi connectivity index (χ2n) is 5.93. The van der Waals surface area contributed by atoms with Crippen molar-refractivity contribution < 1.29 is 4.79 Å². The van der Waals surface area contributed by atoms with Gasteiger partial charge in [0.05, 0.1) is 0 Å². The Balaban J connectivity index is 1.42. The summed E-state index contributed by atoms with van der Waals surface area (Å²) >= 11 is 1.33. The van der Waals surface area contributed by atoms with Gasteiger partial charge in [-0.05, 0) is 25.0 Å². The number of nitrogens with one attached hydrogen (secondary N) is 1. The molecule has 2 aromatic heterocycles. The maximum absolute atomic E-state index is 12.2. The number of urea groups is 1. The first-order valence-electron chi connectivity index (χ1n) is 8.14. The van der Waals surface area contributed by atoms with Crippen molar-refractivity contribution in [3.8, 4) is 0 Å². The van der Waals surface area contributed by atoms with Crippen LogP contribution < -0.4 is 5.32 Å². The van der Waals surface area contributed by atoms with E-state index in [0.717, 1.165) is 44.6 Å². The number of piperidine rings is 1. The second kappa shape index (κ2) is 8.16. The molecule has 2 amide bonds. The van der Waals surface area contributed by atoms with Gasteiger partial charge in [0.1, 0.15) is 5.51 Å². The lowest BCUT2D eigenvalue weighted by Crippen LogP contribution is -2.47. The van der Waals surface area contributed by atoms with Crippen molar-refractivity contribution in [2.45, 2.75) is 25.3 Å². The van der Waals surface area contributed by atoms with Crippen molar-refractivity contribution in [2.24, 2.45) is 0 Å². The number of rotatable bonds is 5. The number of amides is 2. The first-order chi connectivity index (χ1) is 11.7. The van der Waals surface area contributed by atoms with Crippen LogP contribution in [0.3, 0.4) is 0 Å². The number of likely N-dealkylation sites (tertiary alicyclic amines) is 1. The molecule has 0 aromatic carbocycles. The molecule has 1 saturated heterocycles. The molecule has 0 spiro atoms. The summed E-state index contributed by atoms with van der Waals surface area (Å²) in [5, 5.41) is 10.9. The molecule has 1 N–H and O–H groups in total. The predicted octanol–water partition coefficient (Wildman–Crippen LogP) is 2.10. The number of pyridine rings is 1. The molecule has 2 aromatic rings. The topological polar surface area (TPSA) is 74.2 Å². The normalized spacial score (nSPS) is 16.0. The average Bonchev–Trinajstić information content (AvgIpc) is 3.13. The van der Waals surface area contributed by atoms with Gasteiger partial charge >= 0.3 is 6.03 Å². The first kappa shape index (κ1) is 16.8. The van der Waals surface area contributed by atoms with Crippen molar-refractivity contribution in [2.75, 3.05) is 32.0 Å². The van der Waals surface area contributed by atoms with Gasteiger partial charge in [-0.3, -0.25) is 10.3 Å². The van der Waals surface area contributed by atoms with Gasteiger partial charge in [-0.2, -0.15) is 0 Å². The second-order valence-corrected chi connectivity index (χ2v) is 6.76. The van der Waals surface area contributed by atoms with Gasteiger partial charge in [0.25, 0.3) is 0 Å². The van der Waals surface area contributed by atoms with Gasteiger partial charge in [0.15, 0.2) is 0 Å². The number of hydrogen-bond donors (Lipinski definition) is 1. The van der Waals surface area contributed by atoms with Crippen LogP contribution in [0.1, 0.15) is 18.5 Å². The Morgan fingerprint density at radius 2 is 2.25 bits per heavy atom. The summed E-state index contributed by atoms with van der Waals surface area (Å²) in [6, 6.07) is 6.19. The Morgan fingerprint density at radius 1 is 1.42 bits per heavy atom. The summed E-state index contributed by atoms with van der Waals surface area (Å²) in [6.45, 7) is 3.03. The fraction of sp³-hybridized carbons (Fsp3) is 0.500. The largest absolute Gasteiger partial charge is 0.324 e. The molecule has 0 saturated carbocycles. The van der Waals surface area contributed by atoms with E-state index in [-0.39, 0.29) is 12.1 Å². The molecule has 1 fully saturated rings. The highest BCUT2D eigenvalue weighted by molar-refractivity contribution is 7.13. The third-order valence-corrected chi connectivity index (χ3v) is 5.02. The Bertz CT molecular complexity index is 627. The molecule has 128 valence electrons. The number of carbonyl (C=O) groups excluding carboxylic acids is 1.